The molecule has 1 saturated heterocycles. The van der Waals surface area contributed by atoms with Crippen LogP contribution in [0.5, 0.6) is 5.75 Å². The molecular weight excluding hydrogens is 292 g/mol. The molecule has 1 aliphatic heterocycles. The van der Waals surface area contributed by atoms with Crippen molar-refractivity contribution in [2.24, 2.45) is 5.92 Å². The Morgan fingerprint density at radius 1 is 1.39 bits per heavy atom. The van der Waals surface area contributed by atoms with Crippen molar-refractivity contribution >= 4 is 11.6 Å². The first kappa shape index (κ1) is 16.3. The van der Waals surface area contributed by atoms with Crippen LogP contribution in [0.1, 0.15) is 26.2 Å². The number of hydrogen-bond donors (Lipinski definition) is 1. The van der Waals surface area contributed by atoms with Gasteiger partial charge >= 0.3 is 0 Å². The molecule has 2 fully saturated rings. The summed E-state index contributed by atoms with van der Waals surface area (Å²) >= 11 is 0. The Labute approximate surface area is 137 Å². The largest absolute Gasteiger partial charge is 0.497 e. The van der Waals surface area contributed by atoms with E-state index in [-0.39, 0.29) is 18.0 Å². The van der Waals surface area contributed by atoms with Gasteiger partial charge in [0.15, 0.2) is 0 Å². The van der Waals surface area contributed by atoms with Crippen LogP contribution in [-0.4, -0.2) is 44.9 Å². The fourth-order valence-electron chi connectivity index (χ4n) is 3.20. The van der Waals surface area contributed by atoms with Gasteiger partial charge in [-0.25, -0.2) is 0 Å². The molecule has 2 unspecified atom stereocenters. The minimum absolute atomic E-state index is 0.114. The van der Waals surface area contributed by atoms with Crippen LogP contribution in [0.2, 0.25) is 0 Å². The third-order valence-corrected chi connectivity index (χ3v) is 4.75. The van der Waals surface area contributed by atoms with Crippen LogP contribution in [0.4, 0.5) is 5.69 Å². The van der Waals surface area contributed by atoms with Gasteiger partial charge in [0.05, 0.1) is 20.3 Å². The van der Waals surface area contributed by atoms with Gasteiger partial charge in [-0.2, -0.15) is 0 Å². The molecule has 0 radical (unpaired) electrons. The van der Waals surface area contributed by atoms with Gasteiger partial charge in [-0.3, -0.25) is 4.79 Å². The molecule has 126 valence electrons. The molecule has 5 nitrogen and oxygen atoms in total. The Balaban J connectivity index is 1.74. The van der Waals surface area contributed by atoms with Crippen molar-refractivity contribution in [3.05, 3.63) is 24.3 Å². The van der Waals surface area contributed by atoms with Gasteiger partial charge in [-0.05, 0) is 49.9 Å². The van der Waals surface area contributed by atoms with Crippen molar-refractivity contribution in [2.75, 3.05) is 31.8 Å². The summed E-state index contributed by atoms with van der Waals surface area (Å²) in [6.45, 7) is 4.31. The number of rotatable bonds is 6. The summed E-state index contributed by atoms with van der Waals surface area (Å²) in [5.41, 5.74) is 0.951. The number of nitrogens with zero attached hydrogens (tertiary/aromatic N) is 1. The fraction of sp³-hybridized carbons (Fsp3) is 0.611. The number of anilines is 1. The molecule has 2 aliphatic rings. The van der Waals surface area contributed by atoms with Gasteiger partial charge in [0.25, 0.3) is 0 Å². The number of methoxy groups -OCH3 is 1. The first-order chi connectivity index (χ1) is 11.2. The Kier molecular flexibility index (Phi) is 5.18. The topological polar surface area (TPSA) is 50.8 Å². The Hall–Kier alpha value is -1.59. The summed E-state index contributed by atoms with van der Waals surface area (Å²) < 4.78 is 10.7. The zero-order chi connectivity index (χ0) is 16.2. The van der Waals surface area contributed by atoms with E-state index in [1.807, 2.05) is 29.2 Å². The number of hydrogen-bond acceptors (Lipinski definition) is 4. The molecule has 5 heteroatoms. The highest BCUT2D eigenvalue weighted by Crippen LogP contribution is 2.37. The molecule has 1 aromatic carbocycles. The first-order valence-electron chi connectivity index (χ1n) is 8.46. The van der Waals surface area contributed by atoms with E-state index in [9.17, 15) is 4.79 Å². The number of nitrogens with one attached hydrogen (secondary N) is 1. The third kappa shape index (κ3) is 4.03. The van der Waals surface area contributed by atoms with Gasteiger partial charge in [-0.15, -0.1) is 0 Å². The normalized spacial score (nSPS) is 22.4. The monoisotopic (exact) mass is 318 g/mol. The second-order valence-corrected chi connectivity index (χ2v) is 6.47. The highest BCUT2D eigenvalue weighted by Gasteiger charge is 2.35. The van der Waals surface area contributed by atoms with Crippen LogP contribution in [0, 0.1) is 5.92 Å². The van der Waals surface area contributed by atoms with Gasteiger partial charge in [-0.1, -0.05) is 0 Å². The van der Waals surface area contributed by atoms with E-state index < -0.39 is 0 Å². The lowest BCUT2D eigenvalue weighted by Crippen LogP contribution is -2.47. The minimum Gasteiger partial charge on any atom is -0.497 e. The Morgan fingerprint density at radius 3 is 2.70 bits per heavy atom. The predicted octanol–water partition coefficient (Wildman–Crippen LogP) is 2.21. The lowest BCUT2D eigenvalue weighted by Gasteiger charge is -2.32. The summed E-state index contributed by atoms with van der Waals surface area (Å²) in [6.07, 6.45) is 2.90. The van der Waals surface area contributed by atoms with E-state index in [2.05, 4.69) is 12.2 Å². The van der Waals surface area contributed by atoms with E-state index in [1.54, 1.807) is 7.11 Å². The van der Waals surface area contributed by atoms with Gasteiger partial charge < -0.3 is 19.7 Å². The maximum Gasteiger partial charge on any atom is 0.228 e. The molecule has 1 aromatic rings. The van der Waals surface area contributed by atoms with E-state index in [0.29, 0.717) is 18.9 Å². The highest BCUT2D eigenvalue weighted by molar-refractivity contribution is 5.94. The SMILES string of the molecule is COc1ccc(N(C(=O)CC2COCCN2)C(C)C2CC2)cc1. The van der Waals surface area contributed by atoms with Gasteiger partial charge in [0.1, 0.15) is 5.75 Å². The summed E-state index contributed by atoms with van der Waals surface area (Å²) in [6, 6.07) is 8.12. The molecule has 1 N–H and O–H groups in total. The van der Waals surface area contributed by atoms with Crippen LogP contribution in [0.3, 0.4) is 0 Å². The molecule has 1 aliphatic carbocycles. The van der Waals surface area contributed by atoms with E-state index in [4.69, 9.17) is 9.47 Å². The van der Waals surface area contributed by atoms with Crippen LogP contribution in [-0.2, 0) is 9.53 Å². The molecule has 0 bridgehead atoms. The molecular formula is C18H26N2O3. The summed E-state index contributed by atoms with van der Waals surface area (Å²) in [5, 5.41) is 3.37. The Morgan fingerprint density at radius 2 is 2.13 bits per heavy atom. The van der Waals surface area contributed by atoms with Gasteiger partial charge in [0, 0.05) is 30.7 Å². The summed E-state index contributed by atoms with van der Waals surface area (Å²) in [4.78, 5) is 14.9. The number of benzene rings is 1. The molecule has 1 heterocycles. The number of morpholine rings is 1. The zero-order valence-corrected chi connectivity index (χ0v) is 14.0. The lowest BCUT2D eigenvalue weighted by atomic mass is 10.1. The van der Waals surface area contributed by atoms with E-state index >= 15 is 0 Å². The Bertz CT molecular complexity index is 522. The van der Waals surface area contributed by atoms with Crippen molar-refractivity contribution in [3.8, 4) is 5.75 Å². The molecule has 0 aromatic heterocycles. The molecule has 1 saturated carbocycles. The maximum atomic E-state index is 12.9. The average molecular weight is 318 g/mol. The first-order valence-corrected chi connectivity index (χ1v) is 8.46. The molecule has 0 spiro atoms. The van der Waals surface area contributed by atoms with Crippen LogP contribution < -0.4 is 15.0 Å². The van der Waals surface area contributed by atoms with Crippen molar-refractivity contribution in [1.82, 2.24) is 5.32 Å². The lowest BCUT2D eigenvalue weighted by molar-refractivity contribution is -0.120. The summed E-state index contributed by atoms with van der Waals surface area (Å²) in [5.74, 6) is 1.59. The van der Waals surface area contributed by atoms with Crippen LogP contribution >= 0.6 is 0 Å². The fourth-order valence-corrected chi connectivity index (χ4v) is 3.20. The summed E-state index contributed by atoms with van der Waals surface area (Å²) in [7, 11) is 1.65. The molecule has 3 rings (SSSR count). The standard InChI is InChI=1S/C18H26N2O3/c1-13(14-3-4-14)20(16-5-7-17(22-2)8-6-16)18(21)11-15-12-23-10-9-19-15/h5-8,13-15,19H,3-4,9-12H2,1-2H3. The molecule has 2 atom stereocenters. The van der Waals surface area contributed by atoms with Crippen molar-refractivity contribution in [1.29, 1.82) is 0 Å². The van der Waals surface area contributed by atoms with E-state index in [0.717, 1.165) is 24.6 Å². The number of carbonyl (C=O) groups excluding carboxylic acids is 1. The van der Waals surface area contributed by atoms with Crippen molar-refractivity contribution in [3.63, 3.8) is 0 Å². The smallest absolute Gasteiger partial charge is 0.228 e. The molecule has 1 amide bonds. The third-order valence-electron chi connectivity index (χ3n) is 4.75. The minimum atomic E-state index is 0.114. The zero-order valence-electron chi connectivity index (χ0n) is 14.0. The van der Waals surface area contributed by atoms with Gasteiger partial charge in [0.2, 0.25) is 5.91 Å². The second kappa shape index (κ2) is 7.32. The second-order valence-electron chi connectivity index (χ2n) is 6.47. The quantitative estimate of drug-likeness (QED) is 0.874. The van der Waals surface area contributed by atoms with Crippen molar-refractivity contribution < 1.29 is 14.3 Å². The van der Waals surface area contributed by atoms with Crippen LogP contribution in [0.15, 0.2) is 24.3 Å². The number of carbonyl (C=O) groups is 1. The maximum absolute atomic E-state index is 12.9. The number of ether oxygens (including phenoxy) is 2. The van der Waals surface area contributed by atoms with Crippen LogP contribution in [0.25, 0.3) is 0 Å². The predicted molar refractivity (Wildman–Crippen MR) is 89.9 cm³/mol. The number of amides is 1. The molecule has 23 heavy (non-hydrogen) atoms. The van der Waals surface area contributed by atoms with E-state index in [1.165, 1.54) is 12.8 Å². The highest BCUT2D eigenvalue weighted by atomic mass is 16.5. The average Bonchev–Trinajstić information content (AvgIpc) is 3.41. The van der Waals surface area contributed by atoms with Crippen molar-refractivity contribution in [2.45, 2.75) is 38.3 Å².